The van der Waals surface area contributed by atoms with Crippen LogP contribution in [0.2, 0.25) is 0 Å². The summed E-state index contributed by atoms with van der Waals surface area (Å²) in [6, 6.07) is 6.49. The molecule has 2 bridgehead atoms. The number of benzene rings is 1. The number of fused-ring (bicyclic) bond motifs is 2. The molecule has 5 amide bonds. The standard InChI is InChI=1S/C44H72N5O10P/c1-12-27(4)37(47(9)42(53)36(26(2)3)46-41(52)38-30-20-21-31(24-30)49(38)43(54)59-44(6,7)8)33(57-10)25-35(50)48-22-16-19-32(48)39(58-11)28(5)40(51)45-34(60(55)56)23-29-17-14-13-15-18-29/h13-15,17-18,26-28,30-34,36-39,60H,12,16,19-25H2,1-11H3,(H,45,51)(H,46,52)(H,55,56)/t27-,28+,30-,31+,32?,33+,34+,36?,37-,38-,39+/m0/s1. The summed E-state index contributed by atoms with van der Waals surface area (Å²) in [7, 11) is 1.59. The minimum atomic E-state index is -3.12. The van der Waals surface area contributed by atoms with Crippen LogP contribution in [-0.2, 0) is 44.4 Å². The van der Waals surface area contributed by atoms with Crippen molar-refractivity contribution in [1.29, 1.82) is 0 Å². The number of hydrogen-bond donors (Lipinski definition) is 3. The van der Waals surface area contributed by atoms with Gasteiger partial charge in [-0.15, -0.1) is 0 Å². The van der Waals surface area contributed by atoms with Crippen molar-refractivity contribution in [3.63, 3.8) is 0 Å². The van der Waals surface area contributed by atoms with Crippen LogP contribution in [0.15, 0.2) is 30.3 Å². The van der Waals surface area contributed by atoms with Crippen LogP contribution >= 0.6 is 8.03 Å². The van der Waals surface area contributed by atoms with Gasteiger partial charge in [-0.1, -0.05) is 71.4 Å². The summed E-state index contributed by atoms with van der Waals surface area (Å²) >= 11 is 0. The molecule has 15 nitrogen and oxygen atoms in total. The molecule has 0 aromatic heterocycles. The SMILES string of the molecule is CC[C@H](C)[C@@H]([C@@H](CC(=O)N1CCCC1[C@H](OC)[C@@H](C)C(=O)N[C@@H](Cc1ccccc1)[PH](=O)O)OC)N(C)C(=O)C(NC(=O)[C@@H]1[C@H]2CC[C@H](C2)N1C(=O)OC(C)(C)C)C(C)C. The van der Waals surface area contributed by atoms with Gasteiger partial charge in [0.05, 0.1) is 36.6 Å². The van der Waals surface area contributed by atoms with Gasteiger partial charge in [-0.25, -0.2) is 4.79 Å². The molecule has 3 fully saturated rings. The summed E-state index contributed by atoms with van der Waals surface area (Å²) in [5.74, 6) is -3.45. The molecule has 3 aliphatic rings. The predicted octanol–water partition coefficient (Wildman–Crippen LogP) is 4.99. The van der Waals surface area contributed by atoms with Crippen molar-refractivity contribution < 1.29 is 47.6 Å². The summed E-state index contributed by atoms with van der Waals surface area (Å²) in [5.41, 5.74) is 0.0957. The fourth-order valence-electron chi connectivity index (χ4n) is 9.53. The third kappa shape index (κ3) is 11.9. The molecular weight excluding hydrogens is 789 g/mol. The van der Waals surface area contributed by atoms with Gasteiger partial charge < -0.3 is 39.5 Å². The van der Waals surface area contributed by atoms with Gasteiger partial charge in [0.15, 0.2) is 0 Å². The van der Waals surface area contributed by atoms with E-state index in [1.54, 1.807) is 49.4 Å². The molecule has 2 aliphatic heterocycles. The van der Waals surface area contributed by atoms with Crippen molar-refractivity contribution in [1.82, 2.24) is 25.3 Å². The first-order chi connectivity index (χ1) is 28.2. The number of likely N-dealkylation sites (N-methyl/N-ethyl adjacent to an activating group) is 1. The van der Waals surface area contributed by atoms with Crippen molar-refractivity contribution in [3.8, 4) is 0 Å². The maximum absolute atomic E-state index is 14.5. The van der Waals surface area contributed by atoms with E-state index in [0.717, 1.165) is 18.4 Å². The van der Waals surface area contributed by atoms with Crippen molar-refractivity contribution in [2.45, 2.75) is 161 Å². The number of hydrogen-bond acceptors (Lipinski definition) is 9. The molecule has 60 heavy (non-hydrogen) atoms. The van der Waals surface area contributed by atoms with Crippen LogP contribution in [-0.4, -0.2) is 131 Å². The second kappa shape index (κ2) is 21.5. The van der Waals surface area contributed by atoms with Gasteiger partial charge >= 0.3 is 6.09 Å². The molecule has 12 atom stereocenters. The molecule has 1 saturated carbocycles. The first kappa shape index (κ1) is 49.1. The molecule has 2 heterocycles. The van der Waals surface area contributed by atoms with Crippen molar-refractivity contribution in [2.24, 2.45) is 23.7 Å². The Kier molecular flexibility index (Phi) is 17.6. The maximum atomic E-state index is 14.5. The third-order valence-electron chi connectivity index (χ3n) is 12.8. The molecule has 3 unspecified atom stereocenters. The van der Waals surface area contributed by atoms with Crippen LogP contribution in [0.25, 0.3) is 0 Å². The van der Waals surface area contributed by atoms with Gasteiger partial charge in [-0.3, -0.25) is 28.6 Å². The summed E-state index contributed by atoms with van der Waals surface area (Å²) in [4.78, 5) is 84.9. The van der Waals surface area contributed by atoms with Gasteiger partial charge in [0, 0.05) is 40.3 Å². The Labute approximate surface area is 357 Å². The summed E-state index contributed by atoms with van der Waals surface area (Å²) in [5, 5.41) is 5.79. The second-order valence-electron chi connectivity index (χ2n) is 18.5. The van der Waals surface area contributed by atoms with Crippen molar-refractivity contribution in [2.75, 3.05) is 27.8 Å². The highest BCUT2D eigenvalue weighted by Gasteiger charge is 2.53. The Morgan fingerprint density at radius 1 is 0.983 bits per heavy atom. The Balaban J connectivity index is 1.48. The number of ether oxygens (including phenoxy) is 3. The zero-order chi connectivity index (χ0) is 44.6. The summed E-state index contributed by atoms with van der Waals surface area (Å²) in [6.45, 7) is 15.3. The Hall–Kier alpha value is -3.52. The lowest BCUT2D eigenvalue weighted by molar-refractivity contribution is -0.148. The molecular formula is C44H72N5O10P. The normalized spacial score (nSPS) is 24.2. The fraction of sp³-hybridized carbons (Fsp3) is 0.750. The quantitative estimate of drug-likeness (QED) is 0.160. The average Bonchev–Trinajstić information content (AvgIpc) is 3.96. The van der Waals surface area contributed by atoms with Gasteiger partial charge in [0.2, 0.25) is 31.7 Å². The highest BCUT2D eigenvalue weighted by Crippen LogP contribution is 2.43. The van der Waals surface area contributed by atoms with Crippen molar-refractivity contribution >= 4 is 37.7 Å². The number of piperidine rings is 1. The molecule has 1 aromatic rings. The van der Waals surface area contributed by atoms with E-state index in [2.05, 4.69) is 10.6 Å². The number of likely N-dealkylation sites (tertiary alicyclic amines) is 2. The van der Waals surface area contributed by atoms with E-state index in [1.807, 2.05) is 58.0 Å². The summed E-state index contributed by atoms with van der Waals surface area (Å²) in [6.07, 6.45) is 2.55. The molecule has 4 rings (SSSR count). The molecule has 0 spiro atoms. The zero-order valence-electron chi connectivity index (χ0n) is 37.6. The highest BCUT2D eigenvalue weighted by atomic mass is 31.1. The van der Waals surface area contributed by atoms with E-state index in [4.69, 9.17) is 14.2 Å². The lowest BCUT2D eigenvalue weighted by Gasteiger charge is -2.41. The van der Waals surface area contributed by atoms with E-state index < -0.39 is 73.7 Å². The minimum Gasteiger partial charge on any atom is -0.444 e. The monoisotopic (exact) mass is 862 g/mol. The third-order valence-corrected chi connectivity index (χ3v) is 13.8. The second-order valence-corrected chi connectivity index (χ2v) is 19.8. The summed E-state index contributed by atoms with van der Waals surface area (Å²) < 4.78 is 30.0. The highest BCUT2D eigenvalue weighted by molar-refractivity contribution is 7.38. The Morgan fingerprint density at radius 2 is 1.65 bits per heavy atom. The van der Waals surface area contributed by atoms with Crippen LogP contribution in [0.4, 0.5) is 4.79 Å². The number of amides is 5. The number of rotatable bonds is 19. The largest absolute Gasteiger partial charge is 0.444 e. The minimum absolute atomic E-state index is 0.0205. The van der Waals surface area contributed by atoms with E-state index in [1.165, 1.54) is 14.2 Å². The fourth-order valence-corrected chi connectivity index (χ4v) is 10.2. The average molecular weight is 862 g/mol. The first-order valence-corrected chi connectivity index (χ1v) is 23.2. The van der Waals surface area contributed by atoms with E-state index in [9.17, 15) is 33.4 Å². The number of nitrogens with one attached hydrogen (secondary N) is 2. The molecule has 1 aromatic carbocycles. The van der Waals surface area contributed by atoms with Crippen LogP contribution < -0.4 is 10.6 Å². The zero-order valence-corrected chi connectivity index (χ0v) is 38.6. The number of carbonyl (C=O) groups excluding carboxylic acids is 5. The smallest absolute Gasteiger partial charge is 0.411 e. The Morgan fingerprint density at radius 3 is 2.22 bits per heavy atom. The first-order valence-electron chi connectivity index (χ1n) is 21.7. The molecule has 0 radical (unpaired) electrons. The van der Waals surface area contributed by atoms with E-state index in [0.29, 0.717) is 32.2 Å². The van der Waals surface area contributed by atoms with Crippen LogP contribution in [0.1, 0.15) is 106 Å². The number of nitrogens with zero attached hydrogens (tertiary/aromatic N) is 3. The molecule has 2 saturated heterocycles. The molecule has 1 aliphatic carbocycles. The molecule has 338 valence electrons. The molecule has 16 heteroatoms. The van der Waals surface area contributed by atoms with Gasteiger partial charge in [0.25, 0.3) is 0 Å². The van der Waals surface area contributed by atoms with Crippen molar-refractivity contribution in [3.05, 3.63) is 35.9 Å². The van der Waals surface area contributed by atoms with Crippen LogP contribution in [0.3, 0.4) is 0 Å². The predicted molar refractivity (Wildman–Crippen MR) is 229 cm³/mol. The lowest BCUT2D eigenvalue weighted by atomic mass is 9.89. The van der Waals surface area contributed by atoms with Gasteiger partial charge in [0.1, 0.15) is 23.5 Å². The van der Waals surface area contributed by atoms with E-state index in [-0.39, 0.29) is 54.4 Å². The topological polar surface area (TPSA) is 184 Å². The molecule has 3 N–H and O–H groups in total. The maximum Gasteiger partial charge on any atom is 0.411 e. The number of carbonyl (C=O) groups is 5. The lowest BCUT2D eigenvalue weighted by Crippen LogP contribution is -2.61. The van der Waals surface area contributed by atoms with Gasteiger partial charge in [-0.05, 0) is 76.2 Å². The number of methoxy groups -OCH3 is 2. The van der Waals surface area contributed by atoms with Crippen LogP contribution in [0.5, 0.6) is 0 Å². The van der Waals surface area contributed by atoms with Gasteiger partial charge in [-0.2, -0.15) is 0 Å². The Bertz CT molecular complexity index is 1660. The van der Waals surface area contributed by atoms with E-state index >= 15 is 0 Å². The van der Waals surface area contributed by atoms with Crippen LogP contribution in [0, 0.1) is 23.7 Å².